The highest BCUT2D eigenvalue weighted by atomic mass is 16.6. The molecular weight excluding hydrogens is 410 g/mol. The van der Waals surface area contributed by atoms with Gasteiger partial charge in [-0.2, -0.15) is 0 Å². The molecule has 0 saturated heterocycles. The number of esters is 1. The molecule has 0 fully saturated rings. The lowest BCUT2D eigenvalue weighted by atomic mass is 9.79. The van der Waals surface area contributed by atoms with E-state index in [1.54, 1.807) is 6.07 Å². The van der Waals surface area contributed by atoms with Gasteiger partial charge in [-0.3, -0.25) is 0 Å². The summed E-state index contributed by atoms with van der Waals surface area (Å²) in [5.74, 6) is -0.349. The normalized spacial score (nSPS) is 14.0. The van der Waals surface area contributed by atoms with E-state index in [2.05, 4.69) is 86.0 Å². The summed E-state index contributed by atoms with van der Waals surface area (Å²) in [5, 5.41) is 0. The first-order valence-corrected chi connectivity index (χ1v) is 11.8. The van der Waals surface area contributed by atoms with Crippen LogP contribution < -0.4 is 15.5 Å². The Morgan fingerprint density at radius 2 is 1.18 bits per heavy atom. The molecule has 4 rings (SSSR count). The van der Waals surface area contributed by atoms with Crippen LogP contribution in [0.3, 0.4) is 0 Å². The highest BCUT2D eigenvalue weighted by molar-refractivity contribution is 5.97. The molecule has 5 heteroatoms. The van der Waals surface area contributed by atoms with E-state index in [0.717, 1.165) is 54.2 Å². The summed E-state index contributed by atoms with van der Waals surface area (Å²) in [7, 11) is 0. The van der Waals surface area contributed by atoms with Crippen molar-refractivity contribution in [1.82, 2.24) is 0 Å². The van der Waals surface area contributed by atoms with Gasteiger partial charge >= 0.3 is 5.97 Å². The molecule has 0 unspecified atom stereocenters. The van der Waals surface area contributed by atoms with Crippen molar-refractivity contribution in [2.45, 2.75) is 33.3 Å². The van der Waals surface area contributed by atoms with E-state index >= 15 is 0 Å². The van der Waals surface area contributed by atoms with Crippen LogP contribution in [0.4, 0.5) is 17.1 Å². The number of hydrogen-bond acceptors (Lipinski definition) is 5. The predicted octanol–water partition coefficient (Wildman–Crippen LogP) is 5.42. The SMILES string of the molecule is CCN(CC)c1ccc(C2(c3ccc(N(CC)CC)cc3)OC(=O)c3cc(N)ccc32)cc1. The Labute approximate surface area is 196 Å². The first-order chi connectivity index (χ1) is 16.0. The van der Waals surface area contributed by atoms with E-state index in [1.165, 1.54) is 0 Å². The van der Waals surface area contributed by atoms with E-state index in [9.17, 15) is 4.79 Å². The molecule has 172 valence electrons. The Hall–Kier alpha value is -3.47. The second-order valence-corrected chi connectivity index (χ2v) is 8.31. The van der Waals surface area contributed by atoms with Crippen molar-refractivity contribution in [1.29, 1.82) is 0 Å². The Morgan fingerprint density at radius 3 is 1.61 bits per heavy atom. The smallest absolute Gasteiger partial charge is 0.340 e. The summed E-state index contributed by atoms with van der Waals surface area (Å²) in [6, 6.07) is 22.2. The molecule has 0 aromatic heterocycles. The van der Waals surface area contributed by atoms with Gasteiger partial charge in [0.05, 0.1) is 5.56 Å². The first kappa shape index (κ1) is 22.7. The van der Waals surface area contributed by atoms with Gasteiger partial charge in [0.1, 0.15) is 0 Å². The largest absolute Gasteiger partial charge is 0.441 e. The van der Waals surface area contributed by atoms with Gasteiger partial charge in [-0.05, 0) is 64.1 Å². The number of ether oxygens (including phenoxy) is 1. The van der Waals surface area contributed by atoms with Crippen LogP contribution in [0.1, 0.15) is 54.7 Å². The number of nitrogens with two attached hydrogens (primary N) is 1. The number of benzene rings is 3. The molecule has 0 amide bonds. The molecule has 0 aliphatic carbocycles. The van der Waals surface area contributed by atoms with Crippen LogP contribution in [-0.2, 0) is 10.3 Å². The average Bonchev–Trinajstić information content (AvgIpc) is 3.14. The highest BCUT2D eigenvalue weighted by Crippen LogP contribution is 2.48. The fraction of sp³-hybridized carbons (Fsp3) is 0.321. The third-order valence-corrected chi connectivity index (χ3v) is 6.69. The highest BCUT2D eigenvalue weighted by Gasteiger charge is 2.48. The maximum Gasteiger partial charge on any atom is 0.340 e. The number of cyclic esters (lactones) is 1. The monoisotopic (exact) mass is 443 g/mol. The molecule has 0 atom stereocenters. The zero-order valence-corrected chi connectivity index (χ0v) is 20.0. The van der Waals surface area contributed by atoms with Crippen molar-refractivity contribution in [3.05, 3.63) is 89.0 Å². The molecule has 0 spiro atoms. The second-order valence-electron chi connectivity index (χ2n) is 8.31. The van der Waals surface area contributed by atoms with E-state index in [0.29, 0.717) is 11.3 Å². The molecular formula is C28H33N3O2. The molecule has 0 saturated carbocycles. The number of hydrogen-bond donors (Lipinski definition) is 1. The minimum atomic E-state index is -1.01. The van der Waals surface area contributed by atoms with E-state index in [1.807, 2.05) is 12.1 Å². The van der Waals surface area contributed by atoms with Gasteiger partial charge in [-0.15, -0.1) is 0 Å². The predicted molar refractivity (Wildman–Crippen MR) is 136 cm³/mol. The molecule has 0 bridgehead atoms. The first-order valence-electron chi connectivity index (χ1n) is 11.8. The average molecular weight is 444 g/mol. The van der Waals surface area contributed by atoms with Crippen molar-refractivity contribution < 1.29 is 9.53 Å². The van der Waals surface area contributed by atoms with Gasteiger partial charge in [0.15, 0.2) is 5.60 Å². The minimum Gasteiger partial charge on any atom is -0.441 e. The molecule has 0 radical (unpaired) electrons. The van der Waals surface area contributed by atoms with Gasteiger partial charge in [-0.25, -0.2) is 4.79 Å². The topological polar surface area (TPSA) is 58.8 Å². The molecule has 5 nitrogen and oxygen atoms in total. The van der Waals surface area contributed by atoms with Crippen molar-refractivity contribution >= 4 is 23.0 Å². The lowest BCUT2D eigenvalue weighted by Gasteiger charge is -2.32. The molecule has 1 aliphatic heterocycles. The fourth-order valence-corrected chi connectivity index (χ4v) is 4.87. The Balaban J connectivity index is 1.88. The summed E-state index contributed by atoms with van der Waals surface area (Å²) in [5.41, 5.74) is 11.0. The van der Waals surface area contributed by atoms with Crippen LogP contribution in [0.15, 0.2) is 66.7 Å². The lowest BCUT2D eigenvalue weighted by Crippen LogP contribution is -2.30. The van der Waals surface area contributed by atoms with Gasteiger partial charge in [-0.1, -0.05) is 30.3 Å². The van der Waals surface area contributed by atoms with Gasteiger partial charge in [0.25, 0.3) is 0 Å². The number of carbonyl (C=O) groups is 1. The third kappa shape index (κ3) is 3.82. The number of anilines is 3. The Morgan fingerprint density at radius 1 is 0.727 bits per heavy atom. The van der Waals surface area contributed by atoms with Crippen LogP contribution in [0.5, 0.6) is 0 Å². The quantitative estimate of drug-likeness (QED) is 0.372. The molecule has 3 aromatic carbocycles. The minimum absolute atomic E-state index is 0.349. The summed E-state index contributed by atoms with van der Waals surface area (Å²) >= 11 is 0. The van der Waals surface area contributed by atoms with Crippen LogP contribution in [-0.4, -0.2) is 32.1 Å². The molecule has 1 heterocycles. The summed E-state index contributed by atoms with van der Waals surface area (Å²) in [6.45, 7) is 12.3. The Kier molecular flexibility index (Phi) is 6.32. The van der Waals surface area contributed by atoms with Crippen LogP contribution in [0.2, 0.25) is 0 Å². The zero-order chi connectivity index (χ0) is 23.6. The number of nitrogen functional groups attached to an aromatic ring is 1. The fourth-order valence-electron chi connectivity index (χ4n) is 4.87. The maximum atomic E-state index is 13.0. The summed E-state index contributed by atoms with van der Waals surface area (Å²) in [4.78, 5) is 17.6. The van der Waals surface area contributed by atoms with Crippen molar-refractivity contribution in [3.63, 3.8) is 0 Å². The van der Waals surface area contributed by atoms with E-state index < -0.39 is 5.60 Å². The van der Waals surface area contributed by atoms with Gasteiger partial charge in [0.2, 0.25) is 0 Å². The van der Waals surface area contributed by atoms with Crippen LogP contribution in [0.25, 0.3) is 0 Å². The second kappa shape index (κ2) is 9.18. The third-order valence-electron chi connectivity index (χ3n) is 6.69. The number of nitrogens with zero attached hydrogens (tertiary/aromatic N) is 2. The number of rotatable bonds is 8. The molecule has 33 heavy (non-hydrogen) atoms. The lowest BCUT2D eigenvalue weighted by molar-refractivity contribution is 0.0251. The standard InChI is InChI=1S/C28H33N3O2/c1-5-30(6-2)23-14-9-20(10-15-23)28(21-11-16-24(17-12-21)31(7-3)8-4)26-18-13-22(29)19-25(26)27(32)33-28/h9-19H,5-8,29H2,1-4H3. The van der Waals surface area contributed by atoms with Crippen LogP contribution >= 0.6 is 0 Å². The Bertz CT molecular complexity index is 1060. The van der Waals surface area contributed by atoms with Crippen molar-refractivity contribution in [2.75, 3.05) is 41.7 Å². The van der Waals surface area contributed by atoms with Crippen LogP contribution in [0, 0.1) is 0 Å². The van der Waals surface area contributed by atoms with E-state index in [-0.39, 0.29) is 5.97 Å². The molecule has 1 aliphatic rings. The molecule has 2 N–H and O–H groups in total. The number of fused-ring (bicyclic) bond motifs is 1. The summed E-state index contributed by atoms with van der Waals surface area (Å²) < 4.78 is 6.23. The zero-order valence-electron chi connectivity index (χ0n) is 20.0. The maximum absolute atomic E-state index is 13.0. The van der Waals surface area contributed by atoms with E-state index in [4.69, 9.17) is 10.5 Å². The van der Waals surface area contributed by atoms with Gasteiger partial charge in [0, 0.05) is 59.9 Å². The van der Waals surface area contributed by atoms with Crippen molar-refractivity contribution in [3.8, 4) is 0 Å². The number of carbonyl (C=O) groups excluding carboxylic acids is 1. The summed E-state index contributed by atoms with van der Waals surface area (Å²) in [6.07, 6.45) is 0. The van der Waals surface area contributed by atoms with Crippen molar-refractivity contribution in [2.24, 2.45) is 0 Å². The molecule has 3 aromatic rings. The van der Waals surface area contributed by atoms with Gasteiger partial charge < -0.3 is 20.3 Å².